The lowest BCUT2D eigenvalue weighted by Crippen LogP contribution is -2.46. The molecule has 2 unspecified atom stereocenters. The first-order valence-electron chi connectivity index (χ1n) is 7.69. The molecule has 0 fully saturated rings. The van der Waals surface area contributed by atoms with Gasteiger partial charge < -0.3 is 9.84 Å². The maximum atomic E-state index is 10.8. The topological polar surface area (TPSA) is 32.7 Å². The van der Waals surface area contributed by atoms with E-state index in [0.29, 0.717) is 6.04 Å². The van der Waals surface area contributed by atoms with Crippen LogP contribution < -0.4 is 4.74 Å². The summed E-state index contributed by atoms with van der Waals surface area (Å²) in [6.07, 6.45) is 2.77. The van der Waals surface area contributed by atoms with Crippen molar-refractivity contribution in [2.45, 2.75) is 58.2 Å². The van der Waals surface area contributed by atoms with Crippen LogP contribution in [0.3, 0.4) is 0 Å². The molecule has 2 atom stereocenters. The van der Waals surface area contributed by atoms with Crippen LogP contribution in [0.4, 0.5) is 0 Å². The molecule has 3 nitrogen and oxygen atoms in total. The Labute approximate surface area is 122 Å². The molecular formula is C17H27NO2. The molecule has 0 spiro atoms. The average Bonchev–Trinajstić information content (AvgIpc) is 2.45. The van der Waals surface area contributed by atoms with Crippen LogP contribution in [-0.4, -0.2) is 35.7 Å². The fourth-order valence-corrected chi connectivity index (χ4v) is 3.28. The molecule has 0 heterocycles. The molecule has 0 amide bonds. The van der Waals surface area contributed by atoms with Gasteiger partial charge in [-0.15, -0.1) is 0 Å². The summed E-state index contributed by atoms with van der Waals surface area (Å²) in [6, 6.07) is 6.75. The van der Waals surface area contributed by atoms with Gasteiger partial charge in [0.1, 0.15) is 5.75 Å². The van der Waals surface area contributed by atoms with Crippen LogP contribution in [0.25, 0.3) is 0 Å². The number of hydrogen-bond acceptors (Lipinski definition) is 3. The lowest BCUT2D eigenvalue weighted by Gasteiger charge is -2.41. The average molecular weight is 277 g/mol. The SMILES string of the molecule is CCCN(C(C)C)C1CCc2ccc(OC)cc2C1O. The molecule has 3 heteroatoms. The Morgan fingerprint density at radius 1 is 1.40 bits per heavy atom. The summed E-state index contributed by atoms with van der Waals surface area (Å²) in [4.78, 5) is 2.44. The number of aliphatic hydroxyl groups excluding tert-OH is 1. The largest absolute Gasteiger partial charge is 0.497 e. The van der Waals surface area contributed by atoms with E-state index >= 15 is 0 Å². The van der Waals surface area contributed by atoms with Gasteiger partial charge >= 0.3 is 0 Å². The lowest BCUT2D eigenvalue weighted by atomic mass is 9.84. The molecular weight excluding hydrogens is 250 g/mol. The molecule has 0 saturated carbocycles. The summed E-state index contributed by atoms with van der Waals surface area (Å²) in [5.41, 5.74) is 2.30. The van der Waals surface area contributed by atoms with Crippen molar-refractivity contribution in [2.75, 3.05) is 13.7 Å². The Morgan fingerprint density at radius 3 is 2.75 bits per heavy atom. The van der Waals surface area contributed by atoms with Gasteiger partial charge in [0, 0.05) is 12.1 Å². The third-order valence-electron chi connectivity index (χ3n) is 4.32. The van der Waals surface area contributed by atoms with Crippen LogP contribution in [0.2, 0.25) is 0 Å². The Balaban J connectivity index is 2.27. The van der Waals surface area contributed by atoms with Gasteiger partial charge in [0.15, 0.2) is 0 Å². The van der Waals surface area contributed by atoms with Gasteiger partial charge in [0.2, 0.25) is 0 Å². The van der Waals surface area contributed by atoms with Gasteiger partial charge in [-0.2, -0.15) is 0 Å². The van der Waals surface area contributed by atoms with E-state index in [1.807, 2.05) is 12.1 Å². The summed E-state index contributed by atoms with van der Waals surface area (Å²) >= 11 is 0. The number of methoxy groups -OCH3 is 1. The van der Waals surface area contributed by atoms with E-state index in [4.69, 9.17) is 4.74 Å². The fourth-order valence-electron chi connectivity index (χ4n) is 3.28. The fraction of sp³-hybridized carbons (Fsp3) is 0.647. The Morgan fingerprint density at radius 2 is 2.15 bits per heavy atom. The number of ether oxygens (including phenoxy) is 1. The third-order valence-corrected chi connectivity index (χ3v) is 4.32. The minimum atomic E-state index is -0.414. The van der Waals surface area contributed by atoms with E-state index in [2.05, 4.69) is 31.7 Å². The molecule has 1 aromatic carbocycles. The third kappa shape index (κ3) is 2.99. The number of fused-ring (bicyclic) bond motifs is 1. The molecule has 1 aliphatic carbocycles. The molecule has 1 aliphatic rings. The van der Waals surface area contributed by atoms with Gasteiger partial charge in [-0.05, 0) is 62.9 Å². The van der Waals surface area contributed by atoms with E-state index < -0.39 is 6.10 Å². The summed E-state index contributed by atoms with van der Waals surface area (Å²) in [5, 5.41) is 10.8. The Bertz CT molecular complexity index is 445. The monoisotopic (exact) mass is 277 g/mol. The van der Waals surface area contributed by atoms with Crippen LogP contribution in [-0.2, 0) is 6.42 Å². The van der Waals surface area contributed by atoms with Crippen molar-refractivity contribution >= 4 is 0 Å². The highest BCUT2D eigenvalue weighted by atomic mass is 16.5. The molecule has 2 rings (SSSR count). The number of hydrogen-bond donors (Lipinski definition) is 1. The standard InChI is InChI=1S/C17H27NO2/c1-5-10-18(12(2)3)16-9-7-13-6-8-14(20-4)11-15(13)17(16)19/h6,8,11-12,16-17,19H,5,7,9-10H2,1-4H3. The number of aliphatic hydroxyl groups is 1. The Kier molecular flexibility index (Phi) is 5.06. The second kappa shape index (κ2) is 6.59. The maximum absolute atomic E-state index is 10.8. The van der Waals surface area contributed by atoms with Crippen molar-refractivity contribution in [1.82, 2.24) is 4.90 Å². The second-order valence-corrected chi connectivity index (χ2v) is 5.95. The minimum absolute atomic E-state index is 0.217. The number of benzene rings is 1. The zero-order valence-corrected chi connectivity index (χ0v) is 13.1. The summed E-state index contributed by atoms with van der Waals surface area (Å²) < 4.78 is 5.29. The van der Waals surface area contributed by atoms with Gasteiger partial charge in [0.05, 0.1) is 13.2 Å². The molecule has 0 bridgehead atoms. The quantitative estimate of drug-likeness (QED) is 0.897. The van der Waals surface area contributed by atoms with Crippen molar-refractivity contribution in [1.29, 1.82) is 0 Å². The molecule has 0 radical (unpaired) electrons. The number of nitrogens with zero attached hydrogens (tertiary/aromatic N) is 1. The van der Waals surface area contributed by atoms with Gasteiger partial charge in [-0.25, -0.2) is 0 Å². The normalized spacial score (nSPS) is 22.1. The van der Waals surface area contributed by atoms with E-state index in [-0.39, 0.29) is 6.04 Å². The van der Waals surface area contributed by atoms with Crippen LogP contribution in [0.5, 0.6) is 5.75 Å². The highest BCUT2D eigenvalue weighted by Gasteiger charge is 2.33. The predicted octanol–water partition coefficient (Wildman–Crippen LogP) is 3.16. The molecule has 1 N–H and O–H groups in total. The lowest BCUT2D eigenvalue weighted by molar-refractivity contribution is 0.0191. The van der Waals surface area contributed by atoms with E-state index in [0.717, 1.165) is 37.1 Å². The van der Waals surface area contributed by atoms with E-state index in [1.54, 1.807) is 7.11 Å². The summed E-state index contributed by atoms with van der Waals surface area (Å²) in [5.74, 6) is 0.829. The summed E-state index contributed by atoms with van der Waals surface area (Å²) in [7, 11) is 1.67. The van der Waals surface area contributed by atoms with Crippen molar-refractivity contribution in [3.8, 4) is 5.75 Å². The molecule has 0 aromatic heterocycles. The van der Waals surface area contributed by atoms with Crippen molar-refractivity contribution in [2.24, 2.45) is 0 Å². The van der Waals surface area contributed by atoms with Crippen LogP contribution in [0.15, 0.2) is 18.2 Å². The molecule has 1 aromatic rings. The number of aryl methyl sites for hydroxylation is 1. The molecule has 0 aliphatic heterocycles. The smallest absolute Gasteiger partial charge is 0.119 e. The first kappa shape index (κ1) is 15.3. The number of rotatable bonds is 5. The van der Waals surface area contributed by atoms with Gasteiger partial charge in [-0.3, -0.25) is 4.90 Å². The van der Waals surface area contributed by atoms with Gasteiger partial charge in [-0.1, -0.05) is 13.0 Å². The first-order chi connectivity index (χ1) is 9.58. The molecule has 0 saturated heterocycles. The van der Waals surface area contributed by atoms with Crippen LogP contribution in [0, 0.1) is 0 Å². The van der Waals surface area contributed by atoms with Crippen LogP contribution >= 0.6 is 0 Å². The van der Waals surface area contributed by atoms with E-state index in [1.165, 1.54) is 5.56 Å². The maximum Gasteiger partial charge on any atom is 0.119 e. The van der Waals surface area contributed by atoms with Gasteiger partial charge in [0.25, 0.3) is 0 Å². The van der Waals surface area contributed by atoms with Crippen molar-refractivity contribution < 1.29 is 9.84 Å². The second-order valence-electron chi connectivity index (χ2n) is 5.95. The highest BCUT2D eigenvalue weighted by Crippen LogP contribution is 2.35. The predicted molar refractivity (Wildman–Crippen MR) is 82.2 cm³/mol. The summed E-state index contributed by atoms with van der Waals surface area (Å²) in [6.45, 7) is 7.66. The van der Waals surface area contributed by atoms with E-state index in [9.17, 15) is 5.11 Å². The Hall–Kier alpha value is -1.06. The molecule has 20 heavy (non-hydrogen) atoms. The molecule has 112 valence electrons. The van der Waals surface area contributed by atoms with Crippen molar-refractivity contribution in [3.05, 3.63) is 29.3 Å². The highest BCUT2D eigenvalue weighted by molar-refractivity contribution is 5.39. The first-order valence-corrected chi connectivity index (χ1v) is 7.69. The van der Waals surface area contributed by atoms with Crippen LogP contribution in [0.1, 0.15) is 50.8 Å². The zero-order valence-electron chi connectivity index (χ0n) is 13.1. The van der Waals surface area contributed by atoms with Crippen molar-refractivity contribution in [3.63, 3.8) is 0 Å². The minimum Gasteiger partial charge on any atom is -0.497 e. The zero-order chi connectivity index (χ0) is 14.7.